The summed E-state index contributed by atoms with van der Waals surface area (Å²) in [5.41, 5.74) is 3.89. The molecule has 158 valence electrons. The van der Waals surface area contributed by atoms with Gasteiger partial charge in [-0.05, 0) is 48.7 Å². The Bertz CT molecular complexity index is 1100. The van der Waals surface area contributed by atoms with Gasteiger partial charge in [-0.1, -0.05) is 43.0 Å². The predicted molar refractivity (Wildman–Crippen MR) is 124 cm³/mol. The smallest absolute Gasteiger partial charge is 0.244 e. The molecule has 2 heterocycles. The number of carbonyl (C=O) groups excluding carboxylic acids is 1. The molecule has 2 atom stereocenters. The van der Waals surface area contributed by atoms with E-state index in [9.17, 15) is 13.2 Å². The van der Waals surface area contributed by atoms with Crippen molar-refractivity contribution in [2.45, 2.75) is 31.6 Å². The van der Waals surface area contributed by atoms with Crippen LogP contribution in [0.25, 0.3) is 0 Å². The summed E-state index contributed by atoms with van der Waals surface area (Å²) in [4.78, 5) is 19.5. The number of hydrogen-bond acceptors (Lipinski definition) is 6. The van der Waals surface area contributed by atoms with Crippen molar-refractivity contribution in [3.8, 4) is 0 Å². The van der Waals surface area contributed by atoms with Crippen LogP contribution in [0.1, 0.15) is 18.1 Å². The van der Waals surface area contributed by atoms with Crippen molar-refractivity contribution in [1.29, 1.82) is 0 Å². The monoisotopic (exact) mass is 443 g/mol. The number of nitrogens with one attached hydrogen (secondary N) is 1. The van der Waals surface area contributed by atoms with Crippen molar-refractivity contribution in [3.05, 3.63) is 59.7 Å². The highest BCUT2D eigenvalue weighted by Crippen LogP contribution is 2.36. The standard InChI is InChI=1S/C22H25N3O3S2/c1-3-16-7-5-8-17(11-16)23-21(26)12-25(18-9-4-6-15(2)10-18)22-24-19-13-30(27,28)14-20(19)29-22/h4-11,19-20H,3,12-14H2,1-2H3,(H,23,26)/t19-,20+/m0/s1. The lowest BCUT2D eigenvalue weighted by Crippen LogP contribution is -2.36. The molecule has 1 saturated heterocycles. The number of thioether (sulfide) groups is 1. The third-order valence-corrected chi connectivity index (χ3v) is 8.52. The minimum Gasteiger partial charge on any atom is -0.325 e. The van der Waals surface area contributed by atoms with Gasteiger partial charge in [-0.25, -0.2) is 8.42 Å². The van der Waals surface area contributed by atoms with Gasteiger partial charge in [0.2, 0.25) is 5.91 Å². The van der Waals surface area contributed by atoms with E-state index in [2.05, 4.69) is 17.2 Å². The molecule has 0 saturated carbocycles. The van der Waals surface area contributed by atoms with Gasteiger partial charge < -0.3 is 10.2 Å². The van der Waals surface area contributed by atoms with Gasteiger partial charge in [0.15, 0.2) is 15.0 Å². The van der Waals surface area contributed by atoms with Crippen LogP contribution in [0.15, 0.2) is 53.5 Å². The molecule has 0 radical (unpaired) electrons. The fourth-order valence-corrected chi connectivity index (χ4v) is 7.53. The van der Waals surface area contributed by atoms with Crippen molar-refractivity contribution in [1.82, 2.24) is 0 Å². The summed E-state index contributed by atoms with van der Waals surface area (Å²) < 4.78 is 23.8. The maximum absolute atomic E-state index is 12.9. The van der Waals surface area contributed by atoms with E-state index in [1.165, 1.54) is 11.8 Å². The Hall–Kier alpha value is -2.32. The van der Waals surface area contributed by atoms with E-state index in [1.807, 2.05) is 60.4 Å². The summed E-state index contributed by atoms with van der Waals surface area (Å²) >= 11 is 1.46. The lowest BCUT2D eigenvalue weighted by molar-refractivity contribution is -0.114. The number of amides is 1. The minimum absolute atomic E-state index is 0.0680. The molecule has 6 nitrogen and oxygen atoms in total. The molecule has 2 aromatic carbocycles. The SMILES string of the molecule is CCc1cccc(NC(=O)CN(C2=N[C@H]3CS(=O)(=O)C[C@H]3S2)c2cccc(C)c2)c1. The van der Waals surface area contributed by atoms with Crippen molar-refractivity contribution in [2.24, 2.45) is 4.99 Å². The van der Waals surface area contributed by atoms with Crippen LogP contribution in [0.3, 0.4) is 0 Å². The van der Waals surface area contributed by atoms with Crippen molar-refractivity contribution >= 4 is 44.0 Å². The molecule has 2 aromatic rings. The maximum Gasteiger partial charge on any atom is 0.244 e. The van der Waals surface area contributed by atoms with E-state index >= 15 is 0 Å². The van der Waals surface area contributed by atoms with E-state index in [0.29, 0.717) is 5.17 Å². The van der Waals surface area contributed by atoms with Crippen molar-refractivity contribution in [2.75, 3.05) is 28.3 Å². The number of nitrogens with zero attached hydrogens (tertiary/aromatic N) is 2. The zero-order valence-corrected chi connectivity index (χ0v) is 18.7. The lowest BCUT2D eigenvalue weighted by atomic mass is 10.1. The number of aryl methyl sites for hydroxylation is 2. The quantitative estimate of drug-likeness (QED) is 0.767. The van der Waals surface area contributed by atoms with Gasteiger partial charge >= 0.3 is 0 Å². The number of carbonyl (C=O) groups is 1. The third kappa shape index (κ3) is 4.70. The summed E-state index contributed by atoms with van der Waals surface area (Å²) in [5, 5.41) is 3.62. The van der Waals surface area contributed by atoms with Gasteiger partial charge in [0.05, 0.1) is 17.5 Å². The number of benzene rings is 2. The molecule has 0 unspecified atom stereocenters. The molecule has 4 rings (SSSR count). The number of rotatable bonds is 5. The van der Waals surface area contributed by atoms with E-state index in [0.717, 1.165) is 28.9 Å². The van der Waals surface area contributed by atoms with Gasteiger partial charge in [0, 0.05) is 16.6 Å². The van der Waals surface area contributed by atoms with Crippen LogP contribution in [-0.2, 0) is 21.1 Å². The van der Waals surface area contributed by atoms with Crippen LogP contribution in [0.2, 0.25) is 0 Å². The number of aliphatic imine (C=N–C) groups is 1. The molecule has 0 aromatic heterocycles. The highest BCUT2D eigenvalue weighted by Gasteiger charge is 2.44. The Balaban J connectivity index is 1.56. The number of fused-ring (bicyclic) bond motifs is 1. The summed E-state index contributed by atoms with van der Waals surface area (Å²) in [6.45, 7) is 4.19. The second-order valence-corrected chi connectivity index (χ2v) is 11.1. The zero-order chi connectivity index (χ0) is 21.3. The Kier molecular flexibility index (Phi) is 5.88. The number of amidine groups is 1. The van der Waals surface area contributed by atoms with Crippen LogP contribution < -0.4 is 10.2 Å². The lowest BCUT2D eigenvalue weighted by Gasteiger charge is -2.24. The summed E-state index contributed by atoms with van der Waals surface area (Å²) in [7, 11) is -3.02. The molecule has 0 spiro atoms. The Labute approximate surface area is 181 Å². The minimum atomic E-state index is -3.02. The van der Waals surface area contributed by atoms with E-state index < -0.39 is 9.84 Å². The van der Waals surface area contributed by atoms with E-state index in [4.69, 9.17) is 0 Å². The van der Waals surface area contributed by atoms with E-state index in [1.54, 1.807) is 0 Å². The fraction of sp³-hybridized carbons (Fsp3) is 0.364. The molecule has 1 N–H and O–H groups in total. The molecule has 2 aliphatic heterocycles. The zero-order valence-electron chi connectivity index (χ0n) is 17.0. The molecule has 8 heteroatoms. The van der Waals surface area contributed by atoms with Crippen LogP contribution in [0, 0.1) is 6.92 Å². The second-order valence-electron chi connectivity index (χ2n) is 7.74. The topological polar surface area (TPSA) is 78.8 Å². The average Bonchev–Trinajstić information content (AvgIpc) is 3.19. The normalized spacial score (nSPS) is 21.7. The highest BCUT2D eigenvalue weighted by atomic mass is 32.2. The first-order valence-corrected chi connectivity index (χ1v) is 12.7. The van der Waals surface area contributed by atoms with Crippen molar-refractivity contribution in [3.63, 3.8) is 0 Å². The first kappa shape index (κ1) is 20.9. The van der Waals surface area contributed by atoms with Crippen LogP contribution in [0.4, 0.5) is 11.4 Å². The molecule has 0 bridgehead atoms. The van der Waals surface area contributed by atoms with Crippen LogP contribution >= 0.6 is 11.8 Å². The molecule has 0 aliphatic carbocycles. The van der Waals surface area contributed by atoms with Crippen LogP contribution in [0.5, 0.6) is 0 Å². The Morgan fingerprint density at radius 1 is 1.20 bits per heavy atom. The molecule has 30 heavy (non-hydrogen) atoms. The van der Waals surface area contributed by atoms with Crippen LogP contribution in [-0.4, -0.2) is 48.8 Å². The Morgan fingerprint density at radius 3 is 2.73 bits per heavy atom. The predicted octanol–water partition coefficient (Wildman–Crippen LogP) is 3.27. The molecule has 1 fully saturated rings. The molecular weight excluding hydrogens is 418 g/mol. The maximum atomic E-state index is 12.9. The summed E-state index contributed by atoms with van der Waals surface area (Å²) in [5.74, 6) is 0.0940. The largest absolute Gasteiger partial charge is 0.325 e. The van der Waals surface area contributed by atoms with Gasteiger partial charge in [0.1, 0.15) is 6.54 Å². The number of sulfone groups is 1. The highest BCUT2D eigenvalue weighted by molar-refractivity contribution is 8.15. The van der Waals surface area contributed by atoms with Gasteiger partial charge in [-0.3, -0.25) is 9.79 Å². The first-order chi connectivity index (χ1) is 14.3. The van der Waals surface area contributed by atoms with E-state index in [-0.39, 0.29) is 35.2 Å². The number of hydrogen-bond donors (Lipinski definition) is 1. The second kappa shape index (κ2) is 8.43. The van der Waals surface area contributed by atoms with Gasteiger partial charge in [0.25, 0.3) is 0 Å². The fourth-order valence-electron chi connectivity index (χ4n) is 3.75. The average molecular weight is 444 g/mol. The third-order valence-electron chi connectivity index (χ3n) is 5.27. The Morgan fingerprint density at radius 2 is 2.00 bits per heavy atom. The molecular formula is C22H25N3O3S2. The molecule has 2 aliphatic rings. The molecule has 1 amide bonds. The van der Waals surface area contributed by atoms with Gasteiger partial charge in [-0.2, -0.15) is 0 Å². The first-order valence-electron chi connectivity index (χ1n) is 10.0. The van der Waals surface area contributed by atoms with Gasteiger partial charge in [-0.15, -0.1) is 0 Å². The summed E-state index contributed by atoms with van der Waals surface area (Å²) in [6, 6.07) is 15.5. The number of anilines is 2. The van der Waals surface area contributed by atoms with Crippen molar-refractivity contribution < 1.29 is 13.2 Å². The summed E-state index contributed by atoms with van der Waals surface area (Å²) in [6.07, 6.45) is 0.901.